The number of hydrogen-bond acceptors (Lipinski definition) is 2. The molecule has 1 fully saturated rings. The maximum Gasteiger partial charge on any atom is 0.0649 e. The van der Waals surface area contributed by atoms with Crippen LogP contribution in [0.4, 0.5) is 0 Å². The van der Waals surface area contributed by atoms with Gasteiger partial charge in [-0.3, -0.25) is 0 Å². The predicted octanol–water partition coefficient (Wildman–Crippen LogP) is 2.46. The Morgan fingerprint density at radius 3 is 2.43 bits per heavy atom. The minimum absolute atomic E-state index is 0.331. The summed E-state index contributed by atoms with van der Waals surface area (Å²) >= 11 is 0. The van der Waals surface area contributed by atoms with E-state index in [-0.39, 0.29) is 5.60 Å². The van der Waals surface area contributed by atoms with Gasteiger partial charge in [0.15, 0.2) is 0 Å². The lowest BCUT2D eigenvalue weighted by Crippen LogP contribution is -2.41. The molecule has 2 N–H and O–H groups in total. The van der Waals surface area contributed by atoms with E-state index < -0.39 is 0 Å². The molecule has 1 rings (SSSR count). The van der Waals surface area contributed by atoms with Crippen LogP contribution in [0.25, 0.3) is 0 Å². The Balaban J connectivity index is 2.25. The minimum Gasteiger partial charge on any atom is -0.390 e. The van der Waals surface area contributed by atoms with Crippen LogP contribution >= 0.6 is 0 Å². The van der Waals surface area contributed by atoms with Crippen molar-refractivity contribution in [1.29, 1.82) is 0 Å². The van der Waals surface area contributed by atoms with E-state index in [1.54, 1.807) is 0 Å². The second-order valence-corrected chi connectivity index (χ2v) is 4.66. The number of unbranched alkanes of at least 4 members (excludes halogenated alkanes) is 1. The first-order chi connectivity index (χ1) is 6.70. The molecule has 0 aliphatic heterocycles. The van der Waals surface area contributed by atoms with Gasteiger partial charge in [-0.15, -0.1) is 0 Å². The van der Waals surface area contributed by atoms with Crippen molar-refractivity contribution >= 4 is 0 Å². The molecule has 0 aromatic heterocycles. The fraction of sp³-hybridized carbons (Fsp3) is 1.00. The molecule has 1 saturated carbocycles. The molecule has 0 bridgehead atoms. The third-order valence-electron chi connectivity index (χ3n) is 3.40. The highest BCUT2D eigenvalue weighted by Gasteiger charge is 2.31. The number of rotatable bonds is 5. The van der Waals surface area contributed by atoms with Crippen molar-refractivity contribution in [1.82, 2.24) is 5.32 Å². The van der Waals surface area contributed by atoms with Gasteiger partial charge in [0, 0.05) is 6.04 Å². The van der Waals surface area contributed by atoms with E-state index in [1.165, 1.54) is 12.8 Å². The summed E-state index contributed by atoms with van der Waals surface area (Å²) in [7, 11) is 0. The lowest BCUT2D eigenvalue weighted by Gasteiger charge is -2.36. The average molecular weight is 199 g/mol. The SMILES string of the molecule is CCCCC1(O)CCC(NCC)CC1. The van der Waals surface area contributed by atoms with Gasteiger partial charge >= 0.3 is 0 Å². The smallest absolute Gasteiger partial charge is 0.0649 e. The van der Waals surface area contributed by atoms with Crippen molar-refractivity contribution in [2.24, 2.45) is 0 Å². The Morgan fingerprint density at radius 2 is 1.93 bits per heavy atom. The third kappa shape index (κ3) is 3.58. The Labute approximate surface area is 88.1 Å². The maximum atomic E-state index is 10.3. The van der Waals surface area contributed by atoms with Gasteiger partial charge in [0.1, 0.15) is 0 Å². The largest absolute Gasteiger partial charge is 0.390 e. The third-order valence-corrected chi connectivity index (χ3v) is 3.40. The van der Waals surface area contributed by atoms with Gasteiger partial charge in [0.25, 0.3) is 0 Å². The molecule has 84 valence electrons. The van der Waals surface area contributed by atoms with E-state index in [0.717, 1.165) is 38.6 Å². The van der Waals surface area contributed by atoms with E-state index in [1.807, 2.05) is 0 Å². The minimum atomic E-state index is -0.331. The fourth-order valence-electron chi connectivity index (χ4n) is 2.40. The zero-order valence-corrected chi connectivity index (χ0v) is 9.68. The molecule has 2 nitrogen and oxygen atoms in total. The molecule has 0 radical (unpaired) electrons. The topological polar surface area (TPSA) is 32.3 Å². The summed E-state index contributed by atoms with van der Waals surface area (Å²) in [6.45, 7) is 5.39. The second-order valence-electron chi connectivity index (χ2n) is 4.66. The van der Waals surface area contributed by atoms with Crippen LogP contribution < -0.4 is 5.32 Å². The van der Waals surface area contributed by atoms with Crippen molar-refractivity contribution in [2.75, 3.05) is 6.54 Å². The number of nitrogens with one attached hydrogen (secondary N) is 1. The van der Waals surface area contributed by atoms with Crippen LogP contribution in [0.3, 0.4) is 0 Å². The predicted molar refractivity (Wildman–Crippen MR) is 60.4 cm³/mol. The van der Waals surface area contributed by atoms with Crippen molar-refractivity contribution < 1.29 is 5.11 Å². The number of hydrogen-bond donors (Lipinski definition) is 2. The summed E-state index contributed by atoms with van der Waals surface area (Å²) in [5.41, 5.74) is -0.331. The molecule has 2 heteroatoms. The quantitative estimate of drug-likeness (QED) is 0.713. The first kappa shape index (κ1) is 12.0. The van der Waals surface area contributed by atoms with E-state index in [4.69, 9.17) is 0 Å². The van der Waals surface area contributed by atoms with Crippen molar-refractivity contribution in [3.8, 4) is 0 Å². The summed E-state index contributed by atoms with van der Waals surface area (Å²) in [4.78, 5) is 0. The molecule has 0 heterocycles. The monoisotopic (exact) mass is 199 g/mol. The van der Waals surface area contributed by atoms with Gasteiger partial charge in [-0.25, -0.2) is 0 Å². The number of aliphatic hydroxyl groups is 1. The molecular weight excluding hydrogens is 174 g/mol. The molecule has 1 aliphatic carbocycles. The zero-order chi connectivity index (χ0) is 10.4. The summed E-state index contributed by atoms with van der Waals surface area (Å²) in [6, 6.07) is 0.655. The van der Waals surface area contributed by atoms with E-state index in [2.05, 4.69) is 19.2 Å². The van der Waals surface area contributed by atoms with Gasteiger partial charge in [0.05, 0.1) is 5.60 Å². The Morgan fingerprint density at radius 1 is 1.29 bits per heavy atom. The maximum absolute atomic E-state index is 10.3. The van der Waals surface area contributed by atoms with Crippen LogP contribution in [0, 0.1) is 0 Å². The summed E-state index contributed by atoms with van der Waals surface area (Å²) in [6.07, 6.45) is 7.64. The molecule has 0 unspecified atom stereocenters. The summed E-state index contributed by atoms with van der Waals surface area (Å²) < 4.78 is 0. The first-order valence-corrected chi connectivity index (χ1v) is 6.16. The van der Waals surface area contributed by atoms with Gasteiger partial charge in [-0.1, -0.05) is 26.7 Å². The van der Waals surface area contributed by atoms with Gasteiger partial charge < -0.3 is 10.4 Å². The Kier molecular flexibility index (Phi) is 4.90. The normalized spacial score (nSPS) is 33.2. The van der Waals surface area contributed by atoms with Crippen molar-refractivity contribution in [2.45, 2.75) is 70.4 Å². The van der Waals surface area contributed by atoms with Crippen LogP contribution in [0.5, 0.6) is 0 Å². The molecule has 0 aromatic rings. The molecule has 0 aromatic carbocycles. The molecule has 14 heavy (non-hydrogen) atoms. The highest BCUT2D eigenvalue weighted by molar-refractivity contribution is 4.87. The molecule has 0 spiro atoms. The Hall–Kier alpha value is -0.0800. The molecule has 0 amide bonds. The van der Waals surface area contributed by atoms with E-state index >= 15 is 0 Å². The second kappa shape index (κ2) is 5.72. The van der Waals surface area contributed by atoms with Crippen LogP contribution in [0.1, 0.15) is 58.8 Å². The van der Waals surface area contributed by atoms with Gasteiger partial charge in [-0.2, -0.15) is 0 Å². The van der Waals surface area contributed by atoms with Gasteiger partial charge in [0.2, 0.25) is 0 Å². The van der Waals surface area contributed by atoms with Crippen molar-refractivity contribution in [3.63, 3.8) is 0 Å². The van der Waals surface area contributed by atoms with Crippen LogP contribution in [-0.2, 0) is 0 Å². The highest BCUT2D eigenvalue weighted by Crippen LogP contribution is 2.32. The summed E-state index contributed by atoms with van der Waals surface area (Å²) in [5.74, 6) is 0. The highest BCUT2D eigenvalue weighted by atomic mass is 16.3. The molecular formula is C12H25NO. The van der Waals surface area contributed by atoms with Crippen molar-refractivity contribution in [3.05, 3.63) is 0 Å². The van der Waals surface area contributed by atoms with Crippen LogP contribution in [0.2, 0.25) is 0 Å². The molecule has 1 aliphatic rings. The van der Waals surface area contributed by atoms with Crippen LogP contribution in [0.15, 0.2) is 0 Å². The van der Waals surface area contributed by atoms with Gasteiger partial charge in [-0.05, 0) is 38.6 Å². The standard InChI is InChI=1S/C12H25NO/c1-3-5-8-12(14)9-6-11(7-10-12)13-4-2/h11,13-14H,3-10H2,1-2H3. The van der Waals surface area contributed by atoms with E-state index in [9.17, 15) is 5.11 Å². The zero-order valence-electron chi connectivity index (χ0n) is 9.68. The average Bonchev–Trinajstić information content (AvgIpc) is 2.20. The lowest BCUT2D eigenvalue weighted by molar-refractivity contribution is -0.0125. The van der Waals surface area contributed by atoms with Crippen LogP contribution in [-0.4, -0.2) is 23.3 Å². The molecule has 0 saturated heterocycles. The summed E-state index contributed by atoms with van der Waals surface area (Å²) in [5, 5.41) is 13.7. The van der Waals surface area contributed by atoms with E-state index in [0.29, 0.717) is 6.04 Å². The fourth-order valence-corrected chi connectivity index (χ4v) is 2.40. The molecule has 0 atom stereocenters. The Bertz CT molecular complexity index is 150. The lowest BCUT2D eigenvalue weighted by atomic mass is 9.79. The first-order valence-electron chi connectivity index (χ1n) is 6.16.